The summed E-state index contributed by atoms with van der Waals surface area (Å²) >= 11 is 0. The Morgan fingerprint density at radius 2 is 1.74 bits per heavy atom. The first-order valence-electron chi connectivity index (χ1n) is 8.77. The van der Waals surface area contributed by atoms with E-state index < -0.39 is 10.0 Å². The molecule has 5 nitrogen and oxygen atoms in total. The molecule has 0 atom stereocenters. The maximum Gasteiger partial charge on any atom is 0.232 e. The maximum atomic E-state index is 13.6. The average Bonchev–Trinajstić information content (AvgIpc) is 2.60. The third kappa shape index (κ3) is 5.79. The van der Waals surface area contributed by atoms with Crippen LogP contribution in [0.15, 0.2) is 48.5 Å². The Kier molecular flexibility index (Phi) is 6.96. The van der Waals surface area contributed by atoms with Gasteiger partial charge in [-0.3, -0.25) is 9.10 Å². The van der Waals surface area contributed by atoms with Crippen LogP contribution in [0.25, 0.3) is 0 Å². The molecule has 0 aromatic heterocycles. The molecule has 0 radical (unpaired) electrons. The van der Waals surface area contributed by atoms with E-state index in [2.05, 4.69) is 5.32 Å². The molecule has 2 rings (SSSR count). The van der Waals surface area contributed by atoms with Gasteiger partial charge in [-0.1, -0.05) is 50.2 Å². The van der Waals surface area contributed by atoms with Crippen LogP contribution < -0.4 is 9.62 Å². The fourth-order valence-corrected chi connectivity index (χ4v) is 3.74. The summed E-state index contributed by atoms with van der Waals surface area (Å²) in [7, 11) is -3.55. The molecule has 7 heteroatoms. The molecule has 0 saturated carbocycles. The SMILES string of the molecule is CC(C)c1ccccc1N(CCC(=O)NCc1ccccc1F)S(C)(=O)=O. The predicted molar refractivity (Wildman–Crippen MR) is 106 cm³/mol. The molecular formula is C20H25FN2O3S. The van der Waals surface area contributed by atoms with Crippen LogP contribution in [-0.2, 0) is 21.4 Å². The summed E-state index contributed by atoms with van der Waals surface area (Å²) in [6.45, 7) is 4.06. The molecule has 0 aliphatic rings. The van der Waals surface area contributed by atoms with Crippen molar-refractivity contribution in [3.05, 3.63) is 65.5 Å². The number of carbonyl (C=O) groups is 1. The lowest BCUT2D eigenvalue weighted by molar-refractivity contribution is -0.121. The molecule has 146 valence electrons. The van der Waals surface area contributed by atoms with E-state index in [0.717, 1.165) is 11.8 Å². The average molecular weight is 392 g/mol. The molecule has 0 aliphatic heterocycles. The highest BCUT2D eigenvalue weighted by atomic mass is 32.2. The number of halogens is 1. The molecular weight excluding hydrogens is 367 g/mol. The van der Waals surface area contributed by atoms with Crippen LogP contribution in [0, 0.1) is 5.82 Å². The summed E-state index contributed by atoms with van der Waals surface area (Å²) in [5.41, 5.74) is 1.86. The van der Waals surface area contributed by atoms with Gasteiger partial charge in [0.1, 0.15) is 5.82 Å². The zero-order valence-corrected chi connectivity index (χ0v) is 16.6. The van der Waals surface area contributed by atoms with E-state index in [1.807, 2.05) is 26.0 Å². The Bertz CT molecular complexity index is 898. The highest BCUT2D eigenvalue weighted by Gasteiger charge is 2.22. The summed E-state index contributed by atoms with van der Waals surface area (Å²) in [4.78, 5) is 12.2. The van der Waals surface area contributed by atoms with Gasteiger partial charge in [0.2, 0.25) is 15.9 Å². The fraction of sp³-hybridized carbons (Fsp3) is 0.350. The molecule has 0 bridgehead atoms. The first-order chi connectivity index (χ1) is 12.7. The predicted octanol–water partition coefficient (Wildman–Crippen LogP) is 3.42. The van der Waals surface area contributed by atoms with Gasteiger partial charge in [-0.15, -0.1) is 0 Å². The Morgan fingerprint density at radius 3 is 2.37 bits per heavy atom. The quantitative estimate of drug-likeness (QED) is 0.749. The van der Waals surface area contributed by atoms with E-state index >= 15 is 0 Å². The van der Waals surface area contributed by atoms with Crippen molar-refractivity contribution >= 4 is 21.6 Å². The van der Waals surface area contributed by atoms with Crippen molar-refractivity contribution in [3.8, 4) is 0 Å². The van der Waals surface area contributed by atoms with Crippen molar-refractivity contribution in [2.45, 2.75) is 32.7 Å². The second-order valence-electron chi connectivity index (χ2n) is 6.67. The van der Waals surface area contributed by atoms with Gasteiger partial charge in [0.25, 0.3) is 0 Å². The van der Waals surface area contributed by atoms with Gasteiger partial charge >= 0.3 is 0 Å². The molecule has 0 heterocycles. The number of sulfonamides is 1. The standard InChI is InChI=1S/C20H25FN2O3S/c1-15(2)17-9-5-7-11-19(17)23(27(3,25)26)13-12-20(24)22-14-16-8-4-6-10-18(16)21/h4-11,15H,12-14H2,1-3H3,(H,22,24). The van der Waals surface area contributed by atoms with Gasteiger partial charge in [0.05, 0.1) is 11.9 Å². The number of benzene rings is 2. The van der Waals surface area contributed by atoms with E-state index in [1.54, 1.807) is 30.3 Å². The van der Waals surface area contributed by atoms with Gasteiger partial charge in [0, 0.05) is 25.1 Å². The van der Waals surface area contributed by atoms with Crippen molar-refractivity contribution in [3.63, 3.8) is 0 Å². The first kappa shape index (κ1) is 20.9. The molecule has 2 aromatic rings. The van der Waals surface area contributed by atoms with Crippen molar-refractivity contribution in [2.24, 2.45) is 0 Å². The number of amides is 1. The normalized spacial score (nSPS) is 11.4. The van der Waals surface area contributed by atoms with Crippen LogP contribution in [0.3, 0.4) is 0 Å². The van der Waals surface area contributed by atoms with E-state index in [9.17, 15) is 17.6 Å². The summed E-state index contributed by atoms with van der Waals surface area (Å²) in [5.74, 6) is -0.587. The van der Waals surface area contributed by atoms with Crippen molar-refractivity contribution in [2.75, 3.05) is 17.1 Å². The van der Waals surface area contributed by atoms with Crippen molar-refractivity contribution in [1.82, 2.24) is 5.32 Å². The van der Waals surface area contributed by atoms with Crippen molar-refractivity contribution < 1.29 is 17.6 Å². The minimum atomic E-state index is -3.55. The number of anilines is 1. The van der Waals surface area contributed by atoms with Crippen LogP contribution >= 0.6 is 0 Å². The smallest absolute Gasteiger partial charge is 0.232 e. The zero-order valence-electron chi connectivity index (χ0n) is 15.8. The molecule has 0 aliphatic carbocycles. The molecule has 0 spiro atoms. The van der Waals surface area contributed by atoms with E-state index in [1.165, 1.54) is 10.4 Å². The molecule has 2 aromatic carbocycles. The molecule has 1 amide bonds. The van der Waals surface area contributed by atoms with Crippen LogP contribution in [0.4, 0.5) is 10.1 Å². The van der Waals surface area contributed by atoms with Gasteiger partial charge in [0.15, 0.2) is 0 Å². The number of rotatable bonds is 8. The number of nitrogens with zero attached hydrogens (tertiary/aromatic N) is 1. The first-order valence-corrected chi connectivity index (χ1v) is 10.6. The Hall–Kier alpha value is -2.41. The summed E-state index contributed by atoms with van der Waals surface area (Å²) in [6, 6.07) is 13.5. The van der Waals surface area contributed by atoms with Crippen LogP contribution in [0.2, 0.25) is 0 Å². The number of hydrogen-bond acceptors (Lipinski definition) is 3. The third-order valence-electron chi connectivity index (χ3n) is 4.20. The molecule has 0 saturated heterocycles. The van der Waals surface area contributed by atoms with Gasteiger partial charge < -0.3 is 5.32 Å². The molecule has 27 heavy (non-hydrogen) atoms. The number of carbonyl (C=O) groups excluding carboxylic acids is 1. The monoisotopic (exact) mass is 392 g/mol. The van der Waals surface area contributed by atoms with E-state index in [-0.39, 0.29) is 37.2 Å². The Morgan fingerprint density at radius 1 is 1.11 bits per heavy atom. The lowest BCUT2D eigenvalue weighted by Gasteiger charge is -2.26. The van der Waals surface area contributed by atoms with Gasteiger partial charge in [-0.25, -0.2) is 12.8 Å². The molecule has 0 unspecified atom stereocenters. The minimum Gasteiger partial charge on any atom is -0.352 e. The summed E-state index contributed by atoms with van der Waals surface area (Å²) in [6.07, 6.45) is 1.11. The van der Waals surface area contributed by atoms with Crippen molar-refractivity contribution in [1.29, 1.82) is 0 Å². The highest BCUT2D eigenvalue weighted by molar-refractivity contribution is 7.92. The van der Waals surface area contributed by atoms with Crippen LogP contribution in [-0.4, -0.2) is 27.1 Å². The zero-order chi connectivity index (χ0) is 20.0. The second kappa shape index (κ2) is 8.99. The second-order valence-corrected chi connectivity index (χ2v) is 8.57. The fourth-order valence-electron chi connectivity index (χ4n) is 2.79. The van der Waals surface area contributed by atoms with Crippen LogP contribution in [0.5, 0.6) is 0 Å². The summed E-state index contributed by atoms with van der Waals surface area (Å²) in [5, 5.41) is 2.64. The molecule has 0 fully saturated rings. The third-order valence-corrected chi connectivity index (χ3v) is 5.38. The number of nitrogens with one attached hydrogen (secondary N) is 1. The van der Waals surface area contributed by atoms with Gasteiger partial charge in [-0.2, -0.15) is 0 Å². The Balaban J connectivity index is 2.08. The van der Waals surface area contributed by atoms with Gasteiger partial charge in [-0.05, 0) is 23.6 Å². The highest BCUT2D eigenvalue weighted by Crippen LogP contribution is 2.29. The Labute approximate surface area is 160 Å². The minimum absolute atomic E-state index is 0.0195. The molecule has 1 N–H and O–H groups in total. The topological polar surface area (TPSA) is 66.5 Å². The lowest BCUT2D eigenvalue weighted by atomic mass is 10.0. The van der Waals surface area contributed by atoms with E-state index in [4.69, 9.17) is 0 Å². The van der Waals surface area contributed by atoms with Crippen LogP contribution in [0.1, 0.15) is 37.3 Å². The number of para-hydroxylation sites is 1. The van der Waals surface area contributed by atoms with E-state index in [0.29, 0.717) is 11.3 Å². The summed E-state index contributed by atoms with van der Waals surface area (Å²) < 4.78 is 39.4. The largest absolute Gasteiger partial charge is 0.352 e. The lowest BCUT2D eigenvalue weighted by Crippen LogP contribution is -2.35. The maximum absolute atomic E-state index is 13.6. The number of hydrogen-bond donors (Lipinski definition) is 1.